The van der Waals surface area contributed by atoms with E-state index in [-0.39, 0.29) is 36.3 Å². The zero-order valence-corrected chi connectivity index (χ0v) is 31.9. The van der Waals surface area contributed by atoms with Crippen LogP contribution in [0.2, 0.25) is 0 Å². The quantitative estimate of drug-likeness (QED) is 0.0638. The fourth-order valence-corrected chi connectivity index (χ4v) is 9.58. The van der Waals surface area contributed by atoms with E-state index in [4.69, 9.17) is 4.74 Å². The molecule has 1 atom stereocenters. The van der Waals surface area contributed by atoms with Gasteiger partial charge >= 0.3 is 5.97 Å². The van der Waals surface area contributed by atoms with Gasteiger partial charge in [-0.3, -0.25) is 14.5 Å². The van der Waals surface area contributed by atoms with Gasteiger partial charge < -0.3 is 35.1 Å². The van der Waals surface area contributed by atoms with Crippen LogP contribution >= 0.6 is 22.7 Å². The maximum absolute atomic E-state index is 13.4. The molecule has 1 saturated carbocycles. The molecule has 5 aromatic rings. The van der Waals surface area contributed by atoms with E-state index in [1.807, 2.05) is 47.2 Å². The normalized spacial score (nSPS) is 16.7. The third-order valence-electron chi connectivity index (χ3n) is 10.6. The lowest BCUT2D eigenvalue weighted by Gasteiger charge is -2.42. The van der Waals surface area contributed by atoms with Gasteiger partial charge in [0, 0.05) is 60.5 Å². The van der Waals surface area contributed by atoms with Crippen LogP contribution in [-0.2, 0) is 26.4 Å². The second-order valence-electron chi connectivity index (χ2n) is 13.8. The Balaban J connectivity index is 0.930. The number of hydrogen-bond donors (Lipinski definition) is 5. The van der Waals surface area contributed by atoms with E-state index in [0.717, 1.165) is 41.0 Å². The molecule has 54 heavy (non-hydrogen) atoms. The standard InChI is InChI=1S/C40H46N4O8S2/c1-43(28-11-9-27(10-12-28)40(39(49)52-50,34-5-3-21-53-34)35-6-4-22-54-35)19-20-44(2)37(48)25-51-29-13-7-26(8-14-29)23-41-24-33(46)30-15-17-32(45)38-31(30)16-18-36(47)42-38/h3-8,13-18,21-22,27-28,33,41,45-46,50H,9-12,19-20,23-25H2,1-2H3,(H,42,47)/t27-,28-,33-/m0/s1. The number of amides is 1. The Labute approximate surface area is 321 Å². The topological polar surface area (TPSA) is 165 Å². The highest BCUT2D eigenvalue weighted by atomic mass is 32.1. The summed E-state index contributed by atoms with van der Waals surface area (Å²) in [5.41, 5.74) is 0.478. The number of phenolic OH excluding ortho intramolecular Hbond substituents is 1. The number of ether oxygens (including phenoxy) is 1. The van der Waals surface area contributed by atoms with Crippen molar-refractivity contribution in [2.24, 2.45) is 5.92 Å². The van der Waals surface area contributed by atoms with Gasteiger partial charge in [-0.15, -0.1) is 22.7 Å². The molecule has 1 fully saturated rings. The maximum Gasteiger partial charge on any atom is 0.358 e. The largest absolute Gasteiger partial charge is 0.506 e. The predicted octanol–water partition coefficient (Wildman–Crippen LogP) is 5.51. The molecule has 3 aromatic heterocycles. The number of aromatic hydroxyl groups is 1. The van der Waals surface area contributed by atoms with Gasteiger partial charge in [-0.2, -0.15) is 5.26 Å². The minimum Gasteiger partial charge on any atom is -0.506 e. The van der Waals surface area contributed by atoms with Crippen molar-refractivity contribution in [2.45, 2.75) is 49.8 Å². The number of nitrogens with one attached hydrogen (secondary N) is 2. The van der Waals surface area contributed by atoms with Crippen LogP contribution in [0.15, 0.2) is 88.4 Å². The molecule has 1 aliphatic carbocycles. The molecule has 6 rings (SSSR count). The lowest BCUT2D eigenvalue weighted by molar-refractivity contribution is -0.241. The van der Waals surface area contributed by atoms with E-state index in [9.17, 15) is 29.9 Å². The average molecular weight is 775 g/mol. The van der Waals surface area contributed by atoms with Gasteiger partial charge in [0.2, 0.25) is 5.56 Å². The van der Waals surface area contributed by atoms with E-state index in [0.29, 0.717) is 47.9 Å². The van der Waals surface area contributed by atoms with Gasteiger partial charge in [-0.1, -0.05) is 30.3 Å². The minimum atomic E-state index is -1.04. The number of hydrogen-bond acceptors (Lipinski definition) is 12. The van der Waals surface area contributed by atoms with Crippen molar-refractivity contribution in [1.29, 1.82) is 0 Å². The summed E-state index contributed by atoms with van der Waals surface area (Å²) >= 11 is 3.01. The average Bonchev–Trinajstić information content (AvgIpc) is 3.94. The molecule has 0 bridgehead atoms. The molecule has 14 heteroatoms. The highest BCUT2D eigenvalue weighted by molar-refractivity contribution is 7.12. The number of carbonyl (C=O) groups excluding carboxylic acids is 2. The molecule has 5 N–H and O–H groups in total. The molecule has 1 amide bonds. The van der Waals surface area contributed by atoms with Crippen molar-refractivity contribution in [2.75, 3.05) is 40.3 Å². The molecule has 0 aliphatic heterocycles. The summed E-state index contributed by atoms with van der Waals surface area (Å²) in [5, 5.41) is 38.2. The minimum absolute atomic E-state index is 0.0220. The zero-order valence-electron chi connectivity index (χ0n) is 30.3. The number of benzene rings is 2. The van der Waals surface area contributed by atoms with Gasteiger partial charge in [0.25, 0.3) is 5.91 Å². The van der Waals surface area contributed by atoms with E-state index < -0.39 is 17.5 Å². The molecule has 12 nitrogen and oxygen atoms in total. The second-order valence-corrected chi connectivity index (χ2v) is 15.7. The number of nitrogens with zero attached hydrogens (tertiary/aromatic N) is 2. The lowest BCUT2D eigenvalue weighted by Crippen LogP contribution is -2.48. The van der Waals surface area contributed by atoms with Crippen LogP contribution in [0.25, 0.3) is 10.9 Å². The monoisotopic (exact) mass is 774 g/mol. The molecule has 0 saturated heterocycles. The van der Waals surface area contributed by atoms with E-state index >= 15 is 0 Å². The van der Waals surface area contributed by atoms with Gasteiger partial charge in [-0.05, 0) is 96.9 Å². The predicted molar refractivity (Wildman–Crippen MR) is 209 cm³/mol. The van der Waals surface area contributed by atoms with Gasteiger partial charge in [0.05, 0.1) is 11.6 Å². The Morgan fingerprint density at radius 1 is 0.944 bits per heavy atom. The van der Waals surface area contributed by atoms with Crippen molar-refractivity contribution < 1.29 is 34.7 Å². The van der Waals surface area contributed by atoms with E-state index in [1.54, 1.807) is 36.2 Å². The van der Waals surface area contributed by atoms with Crippen molar-refractivity contribution in [3.63, 3.8) is 0 Å². The number of carbonyl (C=O) groups is 2. The number of aromatic nitrogens is 1. The Morgan fingerprint density at radius 3 is 2.26 bits per heavy atom. The fourth-order valence-electron chi connectivity index (χ4n) is 7.51. The summed E-state index contributed by atoms with van der Waals surface area (Å²) in [6.07, 6.45) is 2.48. The third-order valence-corrected chi connectivity index (χ3v) is 12.6. The third kappa shape index (κ3) is 8.54. The molecule has 3 heterocycles. The highest BCUT2D eigenvalue weighted by Crippen LogP contribution is 2.50. The van der Waals surface area contributed by atoms with E-state index in [1.165, 1.54) is 34.8 Å². The number of thiophene rings is 2. The van der Waals surface area contributed by atoms with Crippen molar-refractivity contribution >= 4 is 45.5 Å². The van der Waals surface area contributed by atoms with Crippen LogP contribution in [0.4, 0.5) is 0 Å². The van der Waals surface area contributed by atoms with Crippen LogP contribution in [0.1, 0.15) is 52.7 Å². The van der Waals surface area contributed by atoms with Crippen molar-refractivity contribution in [1.82, 2.24) is 20.1 Å². The van der Waals surface area contributed by atoms with Gasteiger partial charge in [0.15, 0.2) is 6.61 Å². The number of pyridine rings is 1. The SMILES string of the molecule is CN(CCN(C)[C@H]1CC[C@H](C(C(=O)OO)(c2cccs2)c2cccs2)CC1)C(=O)COc1ccc(CNC[C@H](O)c2ccc(O)c3[nH]c(=O)ccc23)cc1. The number of fused-ring (bicyclic) bond motifs is 1. The molecule has 2 aromatic carbocycles. The second kappa shape index (κ2) is 17.7. The smallest absolute Gasteiger partial charge is 0.358 e. The van der Waals surface area contributed by atoms with Crippen LogP contribution in [0.3, 0.4) is 0 Å². The summed E-state index contributed by atoms with van der Waals surface area (Å²) < 4.78 is 5.80. The number of H-pyrrole nitrogens is 1. The molecular formula is C40H46N4O8S2. The van der Waals surface area contributed by atoms with Crippen molar-refractivity contribution in [3.05, 3.63) is 115 Å². The zero-order chi connectivity index (χ0) is 38.2. The van der Waals surface area contributed by atoms with E-state index in [2.05, 4.69) is 27.1 Å². The lowest BCUT2D eigenvalue weighted by atomic mass is 9.66. The summed E-state index contributed by atoms with van der Waals surface area (Å²) in [6, 6.07) is 21.5. The first kappa shape index (κ1) is 39.1. The van der Waals surface area contributed by atoms with Crippen molar-refractivity contribution in [3.8, 4) is 11.5 Å². The van der Waals surface area contributed by atoms with Gasteiger partial charge in [-0.25, -0.2) is 4.79 Å². The van der Waals surface area contributed by atoms with Crippen LogP contribution in [0, 0.1) is 5.92 Å². The number of aliphatic hydroxyl groups is 1. The number of phenols is 1. The Hall–Kier alpha value is -4.57. The Kier molecular flexibility index (Phi) is 12.8. The van der Waals surface area contributed by atoms with Crippen LogP contribution in [-0.4, -0.2) is 88.5 Å². The van der Waals surface area contributed by atoms with Crippen LogP contribution in [0.5, 0.6) is 11.5 Å². The Bertz CT molecular complexity index is 2010. The molecular weight excluding hydrogens is 729 g/mol. The summed E-state index contributed by atoms with van der Waals surface area (Å²) in [4.78, 5) is 50.8. The summed E-state index contributed by atoms with van der Waals surface area (Å²) in [6.45, 7) is 1.88. The highest BCUT2D eigenvalue weighted by Gasteiger charge is 2.53. The molecule has 0 radical (unpaired) electrons. The number of aromatic amines is 1. The summed E-state index contributed by atoms with van der Waals surface area (Å²) in [5.74, 6) is -0.262. The first-order chi connectivity index (χ1) is 26.1. The number of likely N-dealkylation sites (N-methyl/N-ethyl adjacent to an activating group) is 2. The Morgan fingerprint density at radius 2 is 1.63 bits per heavy atom. The summed E-state index contributed by atoms with van der Waals surface area (Å²) in [7, 11) is 3.85. The molecule has 0 spiro atoms. The van der Waals surface area contributed by atoms with Crippen LogP contribution < -0.4 is 15.6 Å². The molecule has 1 aliphatic rings. The first-order valence-corrected chi connectivity index (χ1v) is 19.7. The maximum atomic E-state index is 13.4. The number of rotatable bonds is 16. The first-order valence-electron chi connectivity index (χ1n) is 17.9. The van der Waals surface area contributed by atoms with Gasteiger partial charge in [0.1, 0.15) is 16.9 Å². The fraction of sp³-hybridized carbons (Fsp3) is 0.375. The number of aliphatic hydroxyl groups excluding tert-OH is 1. The molecule has 0 unspecified atom stereocenters. The molecule has 286 valence electrons.